The number of hydrogen-bond acceptors (Lipinski definition) is 5. The van der Waals surface area contributed by atoms with Crippen molar-refractivity contribution in [1.29, 1.82) is 5.41 Å². The average Bonchev–Trinajstić information content (AvgIpc) is 2.33. The summed E-state index contributed by atoms with van der Waals surface area (Å²) in [6, 6.07) is 6.78. The van der Waals surface area contributed by atoms with Crippen LogP contribution in [0.1, 0.15) is 26.3 Å². The number of benzene rings is 1. The number of hydrogen-bond donors (Lipinski definition) is 4. The van der Waals surface area contributed by atoms with Gasteiger partial charge in [0.15, 0.2) is 5.03 Å². The predicted molar refractivity (Wildman–Crippen MR) is 81.0 cm³/mol. The third-order valence-electron chi connectivity index (χ3n) is 2.24. The van der Waals surface area contributed by atoms with Gasteiger partial charge in [0.1, 0.15) is 5.60 Å². The van der Waals surface area contributed by atoms with Gasteiger partial charge in [-0.1, -0.05) is 17.6 Å². The number of rotatable bonds is 4. The highest BCUT2D eigenvalue weighted by Crippen LogP contribution is 2.11. The molecule has 22 heavy (non-hydrogen) atoms. The van der Waals surface area contributed by atoms with E-state index >= 15 is 0 Å². The standard InChI is InChI=1S/C13H19N5O4/c1-13(2,3)22-12(19)15-8-9-5-4-6-10(7-9)16-11(14)17-18(20)21/h4-7H,8H2,1-3H3,(H,15,19)(H3,14,16,17). The maximum Gasteiger partial charge on any atom is 0.407 e. The van der Waals surface area contributed by atoms with Crippen LogP contribution < -0.4 is 16.1 Å². The van der Waals surface area contributed by atoms with Crippen molar-refractivity contribution in [1.82, 2.24) is 10.7 Å². The van der Waals surface area contributed by atoms with Crippen molar-refractivity contribution in [2.75, 3.05) is 5.32 Å². The fourth-order valence-corrected chi connectivity index (χ4v) is 1.51. The van der Waals surface area contributed by atoms with Crippen molar-refractivity contribution in [2.24, 2.45) is 0 Å². The quantitative estimate of drug-likeness (QED) is 0.291. The first-order valence-corrected chi connectivity index (χ1v) is 6.48. The molecule has 0 unspecified atom stereocenters. The minimum Gasteiger partial charge on any atom is -0.444 e. The fourth-order valence-electron chi connectivity index (χ4n) is 1.51. The minimum absolute atomic E-state index is 0.237. The number of ether oxygens (including phenoxy) is 1. The van der Waals surface area contributed by atoms with Gasteiger partial charge in [-0.15, -0.1) is 0 Å². The van der Waals surface area contributed by atoms with Gasteiger partial charge in [-0.05, 0) is 38.5 Å². The van der Waals surface area contributed by atoms with Crippen LogP contribution in [-0.4, -0.2) is 22.7 Å². The highest BCUT2D eigenvalue weighted by atomic mass is 16.7. The SMILES string of the molecule is CC(C)(C)OC(=O)NCc1cccc(NC(=N)N[N+](=O)[O-])c1. The number of guanidine groups is 1. The second-order valence-corrected chi connectivity index (χ2v) is 5.42. The Labute approximate surface area is 127 Å². The Balaban J connectivity index is 2.56. The summed E-state index contributed by atoms with van der Waals surface area (Å²) in [5.41, 5.74) is 2.36. The maximum atomic E-state index is 11.5. The lowest BCUT2D eigenvalue weighted by Crippen LogP contribution is -2.34. The molecule has 9 nitrogen and oxygen atoms in total. The summed E-state index contributed by atoms with van der Waals surface area (Å²) in [5.74, 6) is -0.456. The molecule has 0 radical (unpaired) electrons. The lowest BCUT2D eigenvalue weighted by Gasteiger charge is -2.19. The molecule has 0 aliphatic carbocycles. The van der Waals surface area contributed by atoms with Gasteiger partial charge in [0.2, 0.25) is 0 Å². The molecule has 120 valence electrons. The molecule has 1 aromatic rings. The zero-order valence-corrected chi connectivity index (χ0v) is 12.6. The number of hydrazine groups is 1. The summed E-state index contributed by atoms with van der Waals surface area (Å²) in [5, 5.41) is 21.9. The largest absolute Gasteiger partial charge is 0.444 e. The first-order chi connectivity index (χ1) is 10.2. The first kappa shape index (κ1) is 17.2. The maximum absolute atomic E-state index is 11.5. The van der Waals surface area contributed by atoms with Crippen molar-refractivity contribution in [3.05, 3.63) is 39.9 Å². The van der Waals surface area contributed by atoms with Crippen molar-refractivity contribution in [2.45, 2.75) is 32.9 Å². The molecular weight excluding hydrogens is 290 g/mol. The number of carbonyl (C=O) groups excluding carboxylic acids is 1. The molecule has 0 aromatic heterocycles. The van der Waals surface area contributed by atoms with Crippen LogP contribution in [0.15, 0.2) is 24.3 Å². The molecule has 4 N–H and O–H groups in total. The number of nitrogens with zero attached hydrogens (tertiary/aromatic N) is 1. The van der Waals surface area contributed by atoms with E-state index in [1.54, 1.807) is 50.5 Å². The second-order valence-electron chi connectivity index (χ2n) is 5.42. The van der Waals surface area contributed by atoms with Crippen LogP contribution in [0.3, 0.4) is 0 Å². The van der Waals surface area contributed by atoms with E-state index in [1.165, 1.54) is 0 Å². The van der Waals surface area contributed by atoms with Crippen molar-refractivity contribution in [3.63, 3.8) is 0 Å². The van der Waals surface area contributed by atoms with Gasteiger partial charge in [-0.2, -0.15) is 0 Å². The topological polar surface area (TPSA) is 129 Å². The number of amides is 1. The smallest absolute Gasteiger partial charge is 0.407 e. The molecule has 0 aliphatic rings. The van der Waals surface area contributed by atoms with Crippen LogP contribution in [-0.2, 0) is 11.3 Å². The van der Waals surface area contributed by atoms with Gasteiger partial charge < -0.3 is 15.4 Å². The summed E-state index contributed by atoms with van der Waals surface area (Å²) in [7, 11) is 0. The van der Waals surface area contributed by atoms with Gasteiger partial charge in [0.05, 0.1) is 0 Å². The monoisotopic (exact) mass is 309 g/mol. The fraction of sp³-hybridized carbons (Fsp3) is 0.385. The first-order valence-electron chi connectivity index (χ1n) is 6.48. The van der Waals surface area contributed by atoms with Gasteiger partial charge >= 0.3 is 6.09 Å². The van der Waals surface area contributed by atoms with Crippen LogP contribution >= 0.6 is 0 Å². The summed E-state index contributed by atoms with van der Waals surface area (Å²) in [6.45, 7) is 5.54. The zero-order chi connectivity index (χ0) is 16.8. The van der Waals surface area contributed by atoms with Crippen LogP contribution in [0.25, 0.3) is 0 Å². The Kier molecular flexibility index (Phi) is 5.67. The van der Waals surface area contributed by atoms with Crippen molar-refractivity contribution >= 4 is 17.7 Å². The average molecular weight is 309 g/mol. The molecule has 1 rings (SSSR count). The van der Waals surface area contributed by atoms with Gasteiger partial charge in [-0.25, -0.2) is 14.9 Å². The van der Waals surface area contributed by atoms with Crippen LogP contribution in [0, 0.1) is 15.5 Å². The van der Waals surface area contributed by atoms with E-state index in [2.05, 4.69) is 10.6 Å². The molecule has 0 saturated heterocycles. The molecule has 0 saturated carbocycles. The van der Waals surface area contributed by atoms with E-state index in [0.29, 0.717) is 5.69 Å². The van der Waals surface area contributed by atoms with E-state index in [1.807, 2.05) is 0 Å². The van der Waals surface area contributed by atoms with Crippen LogP contribution in [0.2, 0.25) is 0 Å². The molecule has 0 atom stereocenters. The van der Waals surface area contributed by atoms with Gasteiger partial charge in [-0.3, -0.25) is 5.41 Å². The molecule has 1 aromatic carbocycles. The lowest BCUT2D eigenvalue weighted by atomic mass is 10.2. The van der Waals surface area contributed by atoms with Crippen LogP contribution in [0.5, 0.6) is 0 Å². The zero-order valence-electron chi connectivity index (χ0n) is 12.6. The Morgan fingerprint density at radius 1 is 1.41 bits per heavy atom. The van der Waals surface area contributed by atoms with Crippen molar-refractivity contribution < 1.29 is 14.6 Å². The minimum atomic E-state index is -0.830. The second kappa shape index (κ2) is 7.25. The van der Waals surface area contributed by atoms with E-state index in [9.17, 15) is 14.9 Å². The molecule has 0 fully saturated rings. The number of nitro groups is 1. The molecule has 0 heterocycles. The van der Waals surface area contributed by atoms with E-state index in [0.717, 1.165) is 5.56 Å². The van der Waals surface area contributed by atoms with E-state index in [-0.39, 0.29) is 6.54 Å². The number of nitrogens with one attached hydrogen (secondary N) is 4. The van der Waals surface area contributed by atoms with Crippen LogP contribution in [0.4, 0.5) is 10.5 Å². The summed E-state index contributed by atoms with van der Waals surface area (Å²) >= 11 is 0. The predicted octanol–water partition coefficient (Wildman–Crippen LogP) is 1.84. The number of carbonyl (C=O) groups is 1. The third kappa shape index (κ3) is 7.08. The molecule has 0 bridgehead atoms. The molecule has 0 spiro atoms. The van der Waals surface area contributed by atoms with E-state index in [4.69, 9.17) is 10.1 Å². The summed E-state index contributed by atoms with van der Waals surface area (Å²) in [6.07, 6.45) is -0.534. The summed E-state index contributed by atoms with van der Waals surface area (Å²) < 4.78 is 5.11. The molecule has 9 heteroatoms. The Hall–Kier alpha value is -2.84. The molecule has 1 amide bonds. The number of alkyl carbamates (subject to hydrolysis) is 1. The molecular formula is C13H19N5O4. The number of anilines is 1. The van der Waals surface area contributed by atoms with Gasteiger partial charge in [0, 0.05) is 12.2 Å². The Morgan fingerprint density at radius 2 is 2.09 bits per heavy atom. The Morgan fingerprint density at radius 3 is 2.68 bits per heavy atom. The van der Waals surface area contributed by atoms with Crippen molar-refractivity contribution in [3.8, 4) is 0 Å². The Bertz CT molecular complexity index is 568. The third-order valence-corrected chi connectivity index (χ3v) is 2.24. The normalized spacial score (nSPS) is 10.5. The van der Waals surface area contributed by atoms with Gasteiger partial charge in [0.25, 0.3) is 5.96 Å². The summed E-state index contributed by atoms with van der Waals surface area (Å²) in [4.78, 5) is 21.8. The van der Waals surface area contributed by atoms with E-state index < -0.39 is 22.7 Å². The highest BCUT2D eigenvalue weighted by Gasteiger charge is 2.15. The lowest BCUT2D eigenvalue weighted by molar-refractivity contribution is -0.525. The highest BCUT2D eigenvalue weighted by molar-refractivity contribution is 5.90. The molecule has 0 aliphatic heterocycles.